The van der Waals surface area contributed by atoms with Gasteiger partial charge in [-0.1, -0.05) is 6.42 Å². The first kappa shape index (κ1) is 14.1. The maximum absolute atomic E-state index is 11.6. The zero-order valence-electron chi connectivity index (χ0n) is 11.6. The molecular weight excluding hydrogens is 320 g/mol. The lowest BCUT2D eigenvalue weighted by molar-refractivity contribution is 0.141. The van der Waals surface area contributed by atoms with Gasteiger partial charge < -0.3 is 14.8 Å². The molecule has 0 bridgehead atoms. The van der Waals surface area contributed by atoms with Gasteiger partial charge >= 0.3 is 0 Å². The van der Waals surface area contributed by atoms with E-state index in [1.54, 1.807) is 0 Å². The number of nitrogens with zero attached hydrogens (tertiary/aromatic N) is 3. The quantitative estimate of drug-likeness (QED) is 0.894. The number of anilines is 1. The van der Waals surface area contributed by atoms with Crippen LogP contribution in [0.4, 0.5) is 5.82 Å². The molecule has 1 N–H and O–H groups in total. The average Bonchev–Trinajstić information content (AvgIpc) is 2.51. The Balaban J connectivity index is 1.63. The number of rotatable bonds is 2. The lowest BCUT2D eigenvalue weighted by Crippen LogP contribution is -2.47. The number of likely N-dealkylation sites (tertiary alicyclic amines) is 1. The van der Waals surface area contributed by atoms with Crippen LogP contribution in [0.3, 0.4) is 0 Å². The number of hydrogen-bond donors (Lipinski definition) is 1. The minimum absolute atomic E-state index is 0.104. The Morgan fingerprint density at radius 3 is 2.55 bits per heavy atom. The second-order valence-electron chi connectivity index (χ2n) is 5.68. The minimum atomic E-state index is -0.104. The van der Waals surface area contributed by atoms with Crippen molar-refractivity contribution in [2.45, 2.75) is 38.1 Å². The van der Waals surface area contributed by atoms with E-state index >= 15 is 0 Å². The third kappa shape index (κ3) is 2.91. The smallest absolute Gasteiger partial charge is 0.267 e. The average molecular weight is 341 g/mol. The van der Waals surface area contributed by atoms with Gasteiger partial charge in [-0.2, -0.15) is 0 Å². The van der Waals surface area contributed by atoms with E-state index in [1.807, 2.05) is 0 Å². The predicted octanol–water partition coefficient (Wildman–Crippen LogP) is 1.99. The largest absolute Gasteiger partial charge is 0.355 e. The third-order valence-electron chi connectivity index (χ3n) is 4.45. The molecule has 0 amide bonds. The molecule has 3 rings (SSSR count). The van der Waals surface area contributed by atoms with Gasteiger partial charge in [-0.3, -0.25) is 4.79 Å². The van der Waals surface area contributed by atoms with Gasteiger partial charge in [-0.05, 0) is 54.7 Å². The highest BCUT2D eigenvalue weighted by atomic mass is 79.9. The first-order chi connectivity index (χ1) is 9.75. The summed E-state index contributed by atoms with van der Waals surface area (Å²) in [7, 11) is 0. The van der Waals surface area contributed by atoms with Crippen LogP contribution in [0.15, 0.2) is 15.6 Å². The molecule has 0 unspecified atom stereocenters. The summed E-state index contributed by atoms with van der Waals surface area (Å²) in [5.41, 5.74) is -0.104. The van der Waals surface area contributed by atoms with Crippen LogP contribution in [0.2, 0.25) is 0 Å². The first-order valence-electron chi connectivity index (χ1n) is 7.48. The standard InChI is InChI=1S/C14H21BrN4O/c15-12-13(16-10-17-14(12)20)19-8-4-11(5-9-19)18-6-2-1-3-7-18/h10-11H,1-9H2,(H,16,17,20). The highest BCUT2D eigenvalue weighted by Gasteiger charge is 2.27. The van der Waals surface area contributed by atoms with Crippen LogP contribution in [0.1, 0.15) is 32.1 Å². The molecule has 2 aliphatic heterocycles. The van der Waals surface area contributed by atoms with Crippen molar-refractivity contribution in [2.24, 2.45) is 0 Å². The van der Waals surface area contributed by atoms with Gasteiger partial charge in [-0.25, -0.2) is 4.98 Å². The van der Waals surface area contributed by atoms with Crippen molar-refractivity contribution in [1.29, 1.82) is 0 Å². The van der Waals surface area contributed by atoms with Crippen molar-refractivity contribution in [2.75, 3.05) is 31.1 Å². The molecule has 5 nitrogen and oxygen atoms in total. The zero-order valence-corrected chi connectivity index (χ0v) is 13.2. The van der Waals surface area contributed by atoms with E-state index in [4.69, 9.17) is 0 Å². The Bertz CT molecular complexity index is 504. The van der Waals surface area contributed by atoms with Crippen LogP contribution in [0.5, 0.6) is 0 Å². The Morgan fingerprint density at radius 2 is 1.85 bits per heavy atom. The molecule has 1 aromatic heterocycles. The molecule has 0 aromatic carbocycles. The van der Waals surface area contributed by atoms with E-state index in [1.165, 1.54) is 51.5 Å². The Hall–Kier alpha value is -0.880. The molecule has 2 fully saturated rings. The van der Waals surface area contributed by atoms with Gasteiger partial charge in [0.2, 0.25) is 0 Å². The summed E-state index contributed by atoms with van der Waals surface area (Å²) in [5, 5.41) is 0. The van der Waals surface area contributed by atoms with Crippen molar-refractivity contribution in [3.63, 3.8) is 0 Å². The van der Waals surface area contributed by atoms with E-state index in [2.05, 4.69) is 35.7 Å². The van der Waals surface area contributed by atoms with Crippen LogP contribution in [-0.2, 0) is 0 Å². The Morgan fingerprint density at radius 1 is 1.15 bits per heavy atom. The molecule has 0 spiro atoms. The molecule has 0 aliphatic carbocycles. The summed E-state index contributed by atoms with van der Waals surface area (Å²) in [6, 6.07) is 0.715. The van der Waals surface area contributed by atoms with Crippen LogP contribution in [0.25, 0.3) is 0 Å². The fourth-order valence-corrected chi connectivity index (χ4v) is 3.79. The first-order valence-corrected chi connectivity index (χ1v) is 8.27. The molecule has 110 valence electrons. The summed E-state index contributed by atoms with van der Waals surface area (Å²) in [4.78, 5) is 23.4. The highest BCUT2D eigenvalue weighted by Crippen LogP contribution is 2.26. The zero-order chi connectivity index (χ0) is 13.9. The molecule has 0 saturated carbocycles. The summed E-state index contributed by atoms with van der Waals surface area (Å²) >= 11 is 3.35. The topological polar surface area (TPSA) is 52.2 Å². The van der Waals surface area contributed by atoms with E-state index in [-0.39, 0.29) is 5.56 Å². The molecule has 0 atom stereocenters. The number of halogens is 1. The van der Waals surface area contributed by atoms with Crippen LogP contribution in [-0.4, -0.2) is 47.1 Å². The normalized spacial score (nSPS) is 22.1. The number of nitrogens with one attached hydrogen (secondary N) is 1. The van der Waals surface area contributed by atoms with E-state index in [0.29, 0.717) is 10.5 Å². The summed E-state index contributed by atoms with van der Waals surface area (Å²) in [6.07, 6.45) is 7.91. The van der Waals surface area contributed by atoms with E-state index < -0.39 is 0 Å². The predicted molar refractivity (Wildman–Crippen MR) is 83.2 cm³/mol. The van der Waals surface area contributed by atoms with Gasteiger partial charge in [0.05, 0.1) is 6.33 Å². The summed E-state index contributed by atoms with van der Waals surface area (Å²) in [6.45, 7) is 4.49. The second-order valence-corrected chi connectivity index (χ2v) is 6.48. The molecule has 3 heterocycles. The number of aromatic amines is 1. The molecule has 2 saturated heterocycles. The van der Waals surface area contributed by atoms with Gasteiger partial charge in [0, 0.05) is 19.1 Å². The molecule has 1 aromatic rings. The highest BCUT2D eigenvalue weighted by molar-refractivity contribution is 9.10. The van der Waals surface area contributed by atoms with Crippen LogP contribution < -0.4 is 10.5 Å². The molecule has 20 heavy (non-hydrogen) atoms. The van der Waals surface area contributed by atoms with Crippen molar-refractivity contribution < 1.29 is 0 Å². The Kier molecular flexibility index (Phi) is 4.41. The molecular formula is C14H21BrN4O. The van der Waals surface area contributed by atoms with Gasteiger partial charge in [-0.15, -0.1) is 0 Å². The molecule has 2 aliphatic rings. The van der Waals surface area contributed by atoms with Gasteiger partial charge in [0.15, 0.2) is 0 Å². The van der Waals surface area contributed by atoms with Crippen molar-refractivity contribution >= 4 is 21.7 Å². The monoisotopic (exact) mass is 340 g/mol. The summed E-state index contributed by atoms with van der Waals surface area (Å²) in [5.74, 6) is 0.783. The second kappa shape index (κ2) is 6.26. The molecule has 0 radical (unpaired) electrons. The van der Waals surface area contributed by atoms with Crippen molar-refractivity contribution in [1.82, 2.24) is 14.9 Å². The number of hydrogen-bond acceptors (Lipinski definition) is 4. The SMILES string of the molecule is O=c1[nH]cnc(N2CCC(N3CCCCC3)CC2)c1Br. The maximum atomic E-state index is 11.6. The molecule has 6 heteroatoms. The Labute approximate surface area is 127 Å². The van der Waals surface area contributed by atoms with Crippen LogP contribution >= 0.6 is 15.9 Å². The lowest BCUT2D eigenvalue weighted by atomic mass is 10.00. The summed E-state index contributed by atoms with van der Waals surface area (Å²) < 4.78 is 0.552. The van der Waals surface area contributed by atoms with Crippen LogP contribution in [0, 0.1) is 0 Å². The fourth-order valence-electron chi connectivity index (χ4n) is 3.32. The van der Waals surface area contributed by atoms with E-state index in [0.717, 1.165) is 18.9 Å². The van der Waals surface area contributed by atoms with Crippen molar-refractivity contribution in [3.05, 3.63) is 21.2 Å². The van der Waals surface area contributed by atoms with Gasteiger partial charge in [0.1, 0.15) is 10.3 Å². The maximum Gasteiger partial charge on any atom is 0.267 e. The number of piperidine rings is 2. The lowest BCUT2D eigenvalue weighted by Gasteiger charge is -2.40. The number of aromatic nitrogens is 2. The third-order valence-corrected chi connectivity index (χ3v) is 5.16. The van der Waals surface area contributed by atoms with Gasteiger partial charge in [0.25, 0.3) is 5.56 Å². The minimum Gasteiger partial charge on any atom is -0.355 e. The van der Waals surface area contributed by atoms with Crippen molar-refractivity contribution in [3.8, 4) is 0 Å². The van der Waals surface area contributed by atoms with E-state index in [9.17, 15) is 4.79 Å². The fraction of sp³-hybridized carbons (Fsp3) is 0.714. The number of H-pyrrole nitrogens is 1.